The van der Waals surface area contributed by atoms with Crippen molar-refractivity contribution in [2.45, 2.75) is 12.5 Å². The molecule has 0 spiro atoms. The van der Waals surface area contributed by atoms with Crippen LogP contribution in [0.2, 0.25) is 0 Å². The van der Waals surface area contributed by atoms with E-state index in [0.717, 1.165) is 5.56 Å². The number of pyridine rings is 1. The summed E-state index contributed by atoms with van der Waals surface area (Å²) in [5, 5.41) is 11.5. The number of aromatic nitrogens is 1. The van der Waals surface area contributed by atoms with Crippen LogP contribution in [0.1, 0.15) is 15.9 Å². The number of nitrogens with zero attached hydrogens (tertiary/aromatic N) is 1. The molecule has 0 saturated heterocycles. The molecule has 21 heavy (non-hydrogen) atoms. The molecule has 5 nitrogen and oxygen atoms in total. The monoisotopic (exact) mass is 288 g/mol. The van der Waals surface area contributed by atoms with Gasteiger partial charge in [0.25, 0.3) is 5.91 Å². The van der Waals surface area contributed by atoms with Crippen LogP contribution in [0.15, 0.2) is 48.7 Å². The Morgan fingerprint density at radius 2 is 1.90 bits per heavy atom. The van der Waals surface area contributed by atoms with E-state index in [0.29, 0.717) is 0 Å². The van der Waals surface area contributed by atoms with Gasteiger partial charge in [-0.1, -0.05) is 30.3 Å². The first-order valence-electron chi connectivity index (χ1n) is 6.26. The highest BCUT2D eigenvalue weighted by molar-refractivity contribution is 5.96. The zero-order valence-electron chi connectivity index (χ0n) is 11.0. The molecule has 0 aliphatic heterocycles. The second kappa shape index (κ2) is 6.60. The van der Waals surface area contributed by atoms with E-state index >= 15 is 0 Å². The zero-order valence-corrected chi connectivity index (χ0v) is 11.0. The van der Waals surface area contributed by atoms with Gasteiger partial charge >= 0.3 is 5.97 Å². The Kier molecular flexibility index (Phi) is 4.61. The van der Waals surface area contributed by atoms with E-state index in [2.05, 4.69) is 10.3 Å². The molecular formula is C15H13FN2O3. The van der Waals surface area contributed by atoms with Crippen molar-refractivity contribution >= 4 is 11.9 Å². The number of halogens is 1. The summed E-state index contributed by atoms with van der Waals surface area (Å²) < 4.78 is 13.4. The largest absolute Gasteiger partial charge is 0.480 e. The van der Waals surface area contributed by atoms with Crippen molar-refractivity contribution in [3.63, 3.8) is 0 Å². The van der Waals surface area contributed by atoms with Crippen LogP contribution in [0.3, 0.4) is 0 Å². The number of rotatable bonds is 5. The Morgan fingerprint density at radius 1 is 1.19 bits per heavy atom. The molecule has 0 radical (unpaired) electrons. The van der Waals surface area contributed by atoms with Crippen molar-refractivity contribution < 1.29 is 19.1 Å². The van der Waals surface area contributed by atoms with E-state index in [1.807, 2.05) is 6.07 Å². The molecular weight excluding hydrogens is 275 g/mol. The van der Waals surface area contributed by atoms with Crippen LogP contribution in [-0.4, -0.2) is 28.0 Å². The molecule has 0 bridgehead atoms. The standard InChI is InChI=1S/C15H13FN2O3/c16-13-11(7-4-8-17-13)14(19)18-12(15(20)21)9-10-5-2-1-3-6-10/h1-8,12H,9H2,(H,18,19)(H,20,21)/t12-/m0/s1. The van der Waals surface area contributed by atoms with Gasteiger partial charge in [-0.2, -0.15) is 4.39 Å². The van der Waals surface area contributed by atoms with Crippen LogP contribution < -0.4 is 5.32 Å². The summed E-state index contributed by atoms with van der Waals surface area (Å²) in [5.41, 5.74) is 0.480. The second-order valence-electron chi connectivity index (χ2n) is 4.40. The van der Waals surface area contributed by atoms with Crippen molar-refractivity contribution in [1.82, 2.24) is 10.3 Å². The molecule has 0 saturated carbocycles. The van der Waals surface area contributed by atoms with Crippen LogP contribution in [-0.2, 0) is 11.2 Å². The average molecular weight is 288 g/mol. The third-order valence-electron chi connectivity index (χ3n) is 2.89. The van der Waals surface area contributed by atoms with Gasteiger partial charge in [0.15, 0.2) is 0 Å². The summed E-state index contributed by atoms with van der Waals surface area (Å²) in [7, 11) is 0. The number of amides is 1. The van der Waals surface area contributed by atoms with Gasteiger partial charge < -0.3 is 10.4 Å². The topological polar surface area (TPSA) is 79.3 Å². The van der Waals surface area contributed by atoms with Crippen molar-refractivity contribution in [2.75, 3.05) is 0 Å². The number of aliphatic carboxylic acids is 1. The predicted molar refractivity (Wildman–Crippen MR) is 73.2 cm³/mol. The molecule has 0 aliphatic rings. The van der Waals surface area contributed by atoms with Crippen molar-refractivity contribution in [2.24, 2.45) is 0 Å². The lowest BCUT2D eigenvalue weighted by molar-refractivity contribution is -0.139. The lowest BCUT2D eigenvalue weighted by Gasteiger charge is -2.14. The third kappa shape index (κ3) is 3.85. The SMILES string of the molecule is O=C(N[C@@H](Cc1ccccc1)C(=O)O)c1cccnc1F. The number of carboxylic acid groups (broad SMARTS) is 1. The minimum atomic E-state index is -1.18. The highest BCUT2D eigenvalue weighted by atomic mass is 19.1. The fourth-order valence-electron chi connectivity index (χ4n) is 1.84. The highest BCUT2D eigenvalue weighted by Crippen LogP contribution is 2.07. The molecule has 1 aromatic carbocycles. The Hall–Kier alpha value is -2.76. The summed E-state index contributed by atoms with van der Waals surface area (Å²) >= 11 is 0. The van der Waals surface area contributed by atoms with Gasteiger partial charge in [0.05, 0.1) is 5.56 Å². The first-order valence-corrected chi connectivity index (χ1v) is 6.26. The van der Waals surface area contributed by atoms with Crippen LogP contribution in [0.25, 0.3) is 0 Å². The lowest BCUT2D eigenvalue weighted by Crippen LogP contribution is -2.42. The second-order valence-corrected chi connectivity index (χ2v) is 4.40. The van der Waals surface area contributed by atoms with E-state index in [1.54, 1.807) is 24.3 Å². The van der Waals surface area contributed by atoms with Crippen LogP contribution in [0.5, 0.6) is 0 Å². The predicted octanol–water partition coefficient (Wildman–Crippen LogP) is 1.65. The van der Waals surface area contributed by atoms with E-state index in [1.165, 1.54) is 18.3 Å². The van der Waals surface area contributed by atoms with E-state index in [-0.39, 0.29) is 12.0 Å². The van der Waals surface area contributed by atoms with Crippen LogP contribution >= 0.6 is 0 Å². The maximum absolute atomic E-state index is 13.4. The van der Waals surface area contributed by atoms with Crippen LogP contribution in [0, 0.1) is 5.95 Å². The first-order chi connectivity index (χ1) is 10.1. The molecule has 0 unspecified atom stereocenters. The van der Waals surface area contributed by atoms with Crippen LogP contribution in [0.4, 0.5) is 4.39 Å². The molecule has 1 aromatic heterocycles. The molecule has 1 heterocycles. The Morgan fingerprint density at radius 3 is 2.52 bits per heavy atom. The van der Waals surface area contributed by atoms with Gasteiger partial charge in [-0.3, -0.25) is 4.79 Å². The molecule has 1 amide bonds. The Bertz CT molecular complexity index is 646. The summed E-state index contributed by atoms with van der Waals surface area (Å²) in [5.74, 6) is -2.92. The number of hydrogen-bond donors (Lipinski definition) is 2. The summed E-state index contributed by atoms with van der Waals surface area (Å²) in [6.45, 7) is 0. The number of carboxylic acids is 1. The number of benzene rings is 1. The average Bonchev–Trinajstić information content (AvgIpc) is 2.48. The quantitative estimate of drug-likeness (QED) is 0.820. The molecule has 2 rings (SSSR count). The van der Waals surface area contributed by atoms with Gasteiger partial charge in [-0.15, -0.1) is 0 Å². The Labute approximate surface area is 120 Å². The normalized spacial score (nSPS) is 11.7. The summed E-state index contributed by atoms with van der Waals surface area (Å²) in [6.07, 6.45) is 1.33. The molecule has 108 valence electrons. The minimum absolute atomic E-state index is 0.115. The molecule has 6 heteroatoms. The van der Waals surface area contributed by atoms with Crippen molar-refractivity contribution in [3.8, 4) is 0 Å². The lowest BCUT2D eigenvalue weighted by atomic mass is 10.1. The van der Waals surface area contributed by atoms with Gasteiger partial charge in [0, 0.05) is 12.6 Å². The number of carbonyl (C=O) groups is 2. The first kappa shape index (κ1) is 14.6. The van der Waals surface area contributed by atoms with E-state index in [4.69, 9.17) is 0 Å². The molecule has 1 atom stereocenters. The molecule has 2 N–H and O–H groups in total. The maximum atomic E-state index is 13.4. The van der Waals surface area contributed by atoms with Crippen molar-refractivity contribution in [3.05, 3.63) is 65.7 Å². The molecule has 0 aliphatic carbocycles. The minimum Gasteiger partial charge on any atom is -0.480 e. The van der Waals surface area contributed by atoms with E-state index < -0.39 is 23.9 Å². The van der Waals surface area contributed by atoms with Gasteiger partial charge in [0.2, 0.25) is 5.95 Å². The number of nitrogens with one attached hydrogen (secondary N) is 1. The fourth-order valence-corrected chi connectivity index (χ4v) is 1.84. The summed E-state index contributed by atoms with van der Waals surface area (Å²) in [6, 6.07) is 10.4. The number of carbonyl (C=O) groups excluding carboxylic acids is 1. The van der Waals surface area contributed by atoms with Gasteiger partial charge in [0.1, 0.15) is 6.04 Å². The zero-order chi connectivity index (χ0) is 15.2. The maximum Gasteiger partial charge on any atom is 0.326 e. The Balaban J connectivity index is 2.12. The molecule has 0 fully saturated rings. The third-order valence-corrected chi connectivity index (χ3v) is 2.89. The number of hydrogen-bond acceptors (Lipinski definition) is 3. The smallest absolute Gasteiger partial charge is 0.326 e. The fraction of sp³-hybridized carbons (Fsp3) is 0.133. The van der Waals surface area contributed by atoms with Gasteiger partial charge in [-0.05, 0) is 17.7 Å². The summed E-state index contributed by atoms with van der Waals surface area (Å²) in [4.78, 5) is 26.5. The van der Waals surface area contributed by atoms with Gasteiger partial charge in [-0.25, -0.2) is 9.78 Å². The van der Waals surface area contributed by atoms with Crippen molar-refractivity contribution in [1.29, 1.82) is 0 Å². The van der Waals surface area contributed by atoms with E-state index in [9.17, 15) is 19.1 Å². The highest BCUT2D eigenvalue weighted by Gasteiger charge is 2.22. The molecule has 2 aromatic rings.